The number of halogens is 8. The van der Waals surface area contributed by atoms with Crippen LogP contribution in [0.4, 0.5) is 30.7 Å². The van der Waals surface area contributed by atoms with E-state index >= 15 is 0 Å². The van der Waals surface area contributed by atoms with Crippen molar-refractivity contribution in [2.45, 2.75) is 18.0 Å². The lowest BCUT2D eigenvalue weighted by atomic mass is 10.1. The van der Waals surface area contributed by atoms with Crippen LogP contribution in [0.5, 0.6) is 0 Å². The first-order chi connectivity index (χ1) is 5.56. The highest BCUT2D eigenvalue weighted by atomic mass is 127. The molecule has 0 radical (unpaired) electrons. The molecule has 0 nitrogen and oxygen atoms in total. The highest BCUT2D eigenvalue weighted by Crippen LogP contribution is 2.47. The van der Waals surface area contributed by atoms with Crippen LogP contribution in [0.1, 0.15) is 0 Å². The largest absolute Gasteiger partial charge is 0.435 e. The molecule has 0 fully saturated rings. The SMILES string of the molecule is FC(F)(F)C(F)(C=CI)C(F)(F)F. The minimum Gasteiger partial charge on any atom is -0.219 e. The van der Waals surface area contributed by atoms with E-state index in [2.05, 4.69) is 0 Å². The van der Waals surface area contributed by atoms with Crippen molar-refractivity contribution in [1.82, 2.24) is 0 Å². The number of hydrogen-bond acceptors (Lipinski definition) is 0. The van der Waals surface area contributed by atoms with Crippen molar-refractivity contribution >= 4 is 22.6 Å². The zero-order valence-corrected chi connectivity index (χ0v) is 7.84. The number of alkyl halides is 7. The summed E-state index contributed by atoms with van der Waals surface area (Å²) in [6.07, 6.45) is -12.6. The quantitative estimate of drug-likeness (QED) is 0.509. The maximum atomic E-state index is 12.5. The summed E-state index contributed by atoms with van der Waals surface area (Å²) in [6, 6.07) is 0. The van der Waals surface area contributed by atoms with Gasteiger partial charge in [-0.15, -0.1) is 0 Å². The number of rotatable bonds is 1. The number of allylic oxidation sites excluding steroid dienone is 1. The first kappa shape index (κ1) is 13.0. The zero-order valence-electron chi connectivity index (χ0n) is 5.68. The van der Waals surface area contributed by atoms with Gasteiger partial charge in [0.05, 0.1) is 0 Å². The summed E-state index contributed by atoms with van der Waals surface area (Å²) in [4.78, 5) is 0. The minimum atomic E-state index is -5.99. The van der Waals surface area contributed by atoms with Gasteiger partial charge in [-0.25, -0.2) is 4.39 Å². The van der Waals surface area contributed by atoms with Crippen LogP contribution in [0.15, 0.2) is 10.2 Å². The molecule has 0 aromatic carbocycles. The van der Waals surface area contributed by atoms with Crippen molar-refractivity contribution < 1.29 is 30.7 Å². The van der Waals surface area contributed by atoms with Crippen molar-refractivity contribution in [3.8, 4) is 0 Å². The van der Waals surface area contributed by atoms with E-state index in [1.54, 1.807) is 0 Å². The summed E-state index contributed by atoms with van der Waals surface area (Å²) in [5, 5.41) is 0. The molecule has 0 saturated heterocycles. The predicted molar refractivity (Wildman–Crippen MR) is 39.1 cm³/mol. The molecule has 0 N–H and O–H groups in total. The first-order valence-electron chi connectivity index (χ1n) is 2.66. The summed E-state index contributed by atoms with van der Waals surface area (Å²) in [7, 11) is 0. The maximum absolute atomic E-state index is 12.5. The van der Waals surface area contributed by atoms with Gasteiger partial charge in [0, 0.05) is 0 Å². The molecule has 0 aromatic heterocycles. The van der Waals surface area contributed by atoms with Gasteiger partial charge in [0.25, 0.3) is 0 Å². The minimum absolute atomic E-state index is 0.332. The van der Waals surface area contributed by atoms with E-state index in [0.29, 0.717) is 4.08 Å². The third-order valence-electron chi connectivity index (χ3n) is 1.12. The molecule has 0 bridgehead atoms. The standard InChI is InChI=1S/C5H2F7I/c6-3(1-2-13,4(7,8)9)5(10,11)12/h1-2H. The molecule has 0 heterocycles. The summed E-state index contributed by atoms with van der Waals surface area (Å²) < 4.78 is 82.6. The van der Waals surface area contributed by atoms with E-state index in [-0.39, 0.29) is 0 Å². The maximum Gasteiger partial charge on any atom is 0.435 e. The smallest absolute Gasteiger partial charge is 0.219 e. The zero-order chi connectivity index (χ0) is 10.9. The molecule has 0 atom stereocenters. The van der Waals surface area contributed by atoms with Crippen LogP contribution in [-0.2, 0) is 0 Å². The Bertz CT molecular complexity index is 186. The fourth-order valence-electron chi connectivity index (χ4n) is 0.437. The van der Waals surface area contributed by atoms with Crippen molar-refractivity contribution in [3.63, 3.8) is 0 Å². The Morgan fingerprint density at radius 3 is 1.15 bits per heavy atom. The lowest BCUT2D eigenvalue weighted by Gasteiger charge is -2.26. The Morgan fingerprint density at radius 2 is 1.08 bits per heavy atom. The van der Waals surface area contributed by atoms with E-state index in [1.807, 2.05) is 0 Å². The Kier molecular flexibility index (Phi) is 3.61. The molecule has 0 spiro atoms. The summed E-state index contributed by atoms with van der Waals surface area (Å²) in [5.74, 6) is 0. The Morgan fingerprint density at radius 1 is 0.769 bits per heavy atom. The lowest BCUT2D eigenvalue weighted by Crippen LogP contribution is -2.51. The average molecular weight is 322 g/mol. The van der Waals surface area contributed by atoms with Crippen LogP contribution in [0.25, 0.3) is 0 Å². The Labute approximate surface area is 81.9 Å². The fraction of sp³-hybridized carbons (Fsp3) is 0.600. The molecule has 8 heteroatoms. The van der Waals surface area contributed by atoms with Crippen molar-refractivity contribution in [2.75, 3.05) is 0 Å². The normalized spacial score (nSPS) is 15.4. The van der Waals surface area contributed by atoms with E-state index in [0.717, 1.165) is 22.6 Å². The van der Waals surface area contributed by atoms with Gasteiger partial charge >= 0.3 is 18.0 Å². The molecule has 13 heavy (non-hydrogen) atoms. The molecule has 0 aromatic rings. The Balaban J connectivity index is 5.21. The van der Waals surface area contributed by atoms with E-state index in [1.165, 1.54) is 0 Å². The third kappa shape index (κ3) is 2.47. The van der Waals surface area contributed by atoms with Crippen LogP contribution in [0, 0.1) is 0 Å². The van der Waals surface area contributed by atoms with Gasteiger partial charge in [0.1, 0.15) is 0 Å². The van der Waals surface area contributed by atoms with E-state index in [9.17, 15) is 30.7 Å². The second-order valence-corrected chi connectivity index (χ2v) is 2.72. The second kappa shape index (κ2) is 3.62. The molecule has 0 aliphatic heterocycles. The van der Waals surface area contributed by atoms with Gasteiger partial charge in [0.15, 0.2) is 0 Å². The number of hydrogen-bond donors (Lipinski definition) is 0. The molecule has 0 saturated carbocycles. The Hall–Kier alpha value is -0.0200. The van der Waals surface area contributed by atoms with E-state index in [4.69, 9.17) is 0 Å². The average Bonchev–Trinajstić information content (AvgIpc) is 1.82. The van der Waals surface area contributed by atoms with Crippen LogP contribution in [0.2, 0.25) is 0 Å². The monoisotopic (exact) mass is 322 g/mol. The van der Waals surface area contributed by atoms with Gasteiger partial charge < -0.3 is 0 Å². The molecule has 0 rings (SSSR count). The lowest BCUT2D eigenvalue weighted by molar-refractivity contribution is -0.321. The van der Waals surface area contributed by atoms with Crippen LogP contribution in [-0.4, -0.2) is 18.0 Å². The molecular formula is C5H2F7I. The van der Waals surface area contributed by atoms with Crippen molar-refractivity contribution in [2.24, 2.45) is 0 Å². The molecular weight excluding hydrogens is 320 g/mol. The molecule has 0 amide bonds. The highest BCUT2D eigenvalue weighted by molar-refractivity contribution is 14.1. The van der Waals surface area contributed by atoms with Crippen LogP contribution in [0.3, 0.4) is 0 Å². The van der Waals surface area contributed by atoms with Gasteiger partial charge in [0.2, 0.25) is 0 Å². The van der Waals surface area contributed by atoms with Gasteiger partial charge in [-0.2, -0.15) is 26.3 Å². The molecule has 0 aliphatic rings. The highest BCUT2D eigenvalue weighted by Gasteiger charge is 2.71. The van der Waals surface area contributed by atoms with Gasteiger partial charge in [-0.1, -0.05) is 22.6 Å². The van der Waals surface area contributed by atoms with Gasteiger partial charge in [-0.3, -0.25) is 0 Å². The summed E-state index contributed by atoms with van der Waals surface area (Å²) >= 11 is 1.07. The molecule has 0 aliphatic carbocycles. The summed E-state index contributed by atoms with van der Waals surface area (Å²) in [6.45, 7) is 0. The molecule has 0 unspecified atom stereocenters. The van der Waals surface area contributed by atoms with Crippen LogP contribution < -0.4 is 0 Å². The first-order valence-corrected chi connectivity index (χ1v) is 3.91. The second-order valence-electron chi connectivity index (χ2n) is 2.00. The summed E-state index contributed by atoms with van der Waals surface area (Å²) in [5.41, 5.74) is -5.26. The van der Waals surface area contributed by atoms with Gasteiger partial charge in [-0.05, 0) is 10.2 Å². The topological polar surface area (TPSA) is 0 Å². The van der Waals surface area contributed by atoms with Crippen molar-refractivity contribution in [1.29, 1.82) is 0 Å². The molecule has 78 valence electrons. The third-order valence-corrected chi connectivity index (χ3v) is 1.48. The fourth-order valence-corrected chi connectivity index (χ4v) is 0.932. The van der Waals surface area contributed by atoms with E-state index < -0.39 is 24.1 Å². The van der Waals surface area contributed by atoms with Crippen molar-refractivity contribution in [3.05, 3.63) is 10.2 Å². The van der Waals surface area contributed by atoms with Crippen LogP contribution >= 0.6 is 22.6 Å². The predicted octanol–water partition coefficient (Wildman–Crippen LogP) is 3.77.